The van der Waals surface area contributed by atoms with E-state index in [1.54, 1.807) is 0 Å². The van der Waals surface area contributed by atoms with Gasteiger partial charge >= 0.3 is 5.97 Å². The number of nitro benzene ring substituents is 1. The predicted octanol–water partition coefficient (Wildman–Crippen LogP) is 1.91. The van der Waals surface area contributed by atoms with E-state index in [4.69, 9.17) is 0 Å². The molecular formula is C9H8FNO4. The Morgan fingerprint density at radius 3 is 2.80 bits per heavy atom. The van der Waals surface area contributed by atoms with Crippen molar-refractivity contribution < 1.29 is 18.8 Å². The van der Waals surface area contributed by atoms with Gasteiger partial charge in [-0.2, -0.15) is 0 Å². The van der Waals surface area contributed by atoms with Crippen molar-refractivity contribution in [3.8, 4) is 0 Å². The lowest BCUT2D eigenvalue weighted by Gasteiger charge is -2.03. The molecule has 1 rings (SSSR count). The van der Waals surface area contributed by atoms with E-state index in [1.807, 2.05) is 0 Å². The van der Waals surface area contributed by atoms with Gasteiger partial charge in [0.2, 0.25) is 0 Å². The summed E-state index contributed by atoms with van der Waals surface area (Å²) in [6.07, 6.45) is 0. The van der Waals surface area contributed by atoms with E-state index in [0.717, 1.165) is 18.2 Å². The molecule has 0 bridgehead atoms. The molecule has 0 heterocycles. The molecule has 0 N–H and O–H groups in total. The Morgan fingerprint density at radius 2 is 2.27 bits per heavy atom. The van der Waals surface area contributed by atoms with Gasteiger partial charge in [-0.25, -0.2) is 9.18 Å². The van der Waals surface area contributed by atoms with E-state index in [-0.39, 0.29) is 6.61 Å². The first-order valence-electron chi connectivity index (χ1n) is 4.18. The van der Waals surface area contributed by atoms with Crippen molar-refractivity contribution in [1.82, 2.24) is 0 Å². The van der Waals surface area contributed by atoms with Gasteiger partial charge in [0.25, 0.3) is 5.69 Å². The molecule has 0 spiro atoms. The van der Waals surface area contributed by atoms with Crippen LogP contribution in [0, 0.1) is 15.9 Å². The molecule has 1 aromatic carbocycles. The van der Waals surface area contributed by atoms with Crippen LogP contribution < -0.4 is 0 Å². The van der Waals surface area contributed by atoms with Gasteiger partial charge in [-0.05, 0) is 13.0 Å². The highest BCUT2D eigenvalue weighted by Crippen LogP contribution is 2.21. The Balaban J connectivity index is 3.24. The summed E-state index contributed by atoms with van der Waals surface area (Å²) in [6.45, 7) is 1.56. The number of ether oxygens (including phenoxy) is 1. The van der Waals surface area contributed by atoms with Crippen molar-refractivity contribution in [1.29, 1.82) is 0 Å². The second kappa shape index (κ2) is 4.50. The normalized spacial score (nSPS) is 9.73. The van der Waals surface area contributed by atoms with Crippen LogP contribution in [-0.4, -0.2) is 17.5 Å². The number of nitro groups is 1. The molecule has 0 aliphatic rings. The zero-order valence-corrected chi connectivity index (χ0v) is 7.90. The second-order valence-electron chi connectivity index (χ2n) is 2.61. The number of carbonyl (C=O) groups excluding carboxylic acids is 1. The number of hydrogen-bond donors (Lipinski definition) is 0. The molecule has 80 valence electrons. The van der Waals surface area contributed by atoms with Crippen LogP contribution in [0.15, 0.2) is 18.2 Å². The number of rotatable bonds is 3. The smallest absolute Gasteiger partial charge is 0.348 e. The van der Waals surface area contributed by atoms with E-state index < -0.39 is 28.0 Å². The molecule has 6 heteroatoms. The zero-order valence-electron chi connectivity index (χ0n) is 7.90. The summed E-state index contributed by atoms with van der Waals surface area (Å²) in [5.74, 6) is -1.98. The Bertz CT molecular complexity index is 405. The van der Waals surface area contributed by atoms with Crippen LogP contribution in [0.3, 0.4) is 0 Å². The summed E-state index contributed by atoms with van der Waals surface area (Å²) in [4.78, 5) is 20.9. The number of nitrogens with zero attached hydrogens (tertiary/aromatic N) is 1. The summed E-state index contributed by atoms with van der Waals surface area (Å²) in [5, 5.41) is 10.5. The number of halogens is 1. The van der Waals surface area contributed by atoms with Gasteiger partial charge in [0.1, 0.15) is 5.82 Å². The van der Waals surface area contributed by atoms with E-state index >= 15 is 0 Å². The van der Waals surface area contributed by atoms with Crippen LogP contribution in [0.25, 0.3) is 0 Å². The molecule has 0 saturated carbocycles. The molecule has 0 fully saturated rings. The monoisotopic (exact) mass is 213 g/mol. The Labute approximate surface area is 84.6 Å². The zero-order chi connectivity index (χ0) is 11.4. The molecule has 0 unspecified atom stereocenters. The van der Waals surface area contributed by atoms with Crippen molar-refractivity contribution in [2.24, 2.45) is 0 Å². The minimum absolute atomic E-state index is 0.0321. The van der Waals surface area contributed by atoms with E-state index in [2.05, 4.69) is 4.74 Å². The van der Waals surface area contributed by atoms with E-state index in [9.17, 15) is 19.3 Å². The predicted molar refractivity (Wildman–Crippen MR) is 49.0 cm³/mol. The molecular weight excluding hydrogens is 205 g/mol. The summed E-state index contributed by atoms with van der Waals surface area (Å²) in [6, 6.07) is 3.19. The van der Waals surface area contributed by atoms with Crippen molar-refractivity contribution in [2.45, 2.75) is 6.92 Å². The van der Waals surface area contributed by atoms with Gasteiger partial charge in [-0.1, -0.05) is 6.07 Å². The van der Waals surface area contributed by atoms with Crippen LogP contribution in [0.2, 0.25) is 0 Å². The van der Waals surface area contributed by atoms with Crippen LogP contribution in [0.5, 0.6) is 0 Å². The largest absolute Gasteiger partial charge is 0.462 e. The third-order valence-electron chi connectivity index (χ3n) is 1.67. The van der Waals surface area contributed by atoms with Gasteiger partial charge in [0.15, 0.2) is 5.56 Å². The Hall–Kier alpha value is -1.98. The summed E-state index contributed by atoms with van der Waals surface area (Å²) < 4.78 is 17.7. The van der Waals surface area contributed by atoms with Crippen LogP contribution in [0.4, 0.5) is 10.1 Å². The summed E-state index contributed by atoms with van der Waals surface area (Å²) >= 11 is 0. The molecule has 5 nitrogen and oxygen atoms in total. The first-order chi connectivity index (χ1) is 7.07. The Kier molecular flexibility index (Phi) is 3.33. The standard InChI is InChI=1S/C9H8FNO4/c1-2-15-9(12)8-6(10)4-3-5-7(8)11(13)14/h3-5H,2H2,1H3. The highest BCUT2D eigenvalue weighted by molar-refractivity contribution is 5.94. The number of carbonyl (C=O) groups is 1. The molecule has 0 radical (unpaired) electrons. The highest BCUT2D eigenvalue weighted by Gasteiger charge is 2.25. The van der Waals surface area contributed by atoms with E-state index in [1.165, 1.54) is 6.92 Å². The Morgan fingerprint density at radius 1 is 1.60 bits per heavy atom. The van der Waals surface area contributed by atoms with Crippen LogP contribution in [0.1, 0.15) is 17.3 Å². The first-order valence-corrected chi connectivity index (χ1v) is 4.18. The van der Waals surface area contributed by atoms with Crippen LogP contribution >= 0.6 is 0 Å². The third kappa shape index (κ3) is 2.28. The molecule has 15 heavy (non-hydrogen) atoms. The van der Waals surface area contributed by atoms with Gasteiger partial charge in [-0.3, -0.25) is 10.1 Å². The van der Waals surface area contributed by atoms with Crippen LogP contribution in [-0.2, 0) is 4.74 Å². The fourth-order valence-corrected chi connectivity index (χ4v) is 1.07. The third-order valence-corrected chi connectivity index (χ3v) is 1.67. The number of esters is 1. The van der Waals surface area contributed by atoms with Crippen molar-refractivity contribution in [3.63, 3.8) is 0 Å². The molecule has 0 amide bonds. The minimum Gasteiger partial charge on any atom is -0.462 e. The first kappa shape index (κ1) is 11.1. The fraction of sp³-hybridized carbons (Fsp3) is 0.222. The van der Waals surface area contributed by atoms with Crippen molar-refractivity contribution in [2.75, 3.05) is 6.61 Å². The summed E-state index contributed by atoms with van der Waals surface area (Å²) in [7, 11) is 0. The van der Waals surface area contributed by atoms with Gasteiger partial charge < -0.3 is 4.74 Å². The lowest BCUT2D eigenvalue weighted by molar-refractivity contribution is -0.385. The van der Waals surface area contributed by atoms with Gasteiger partial charge in [-0.15, -0.1) is 0 Å². The SMILES string of the molecule is CCOC(=O)c1c(F)cccc1[N+](=O)[O-]. The number of hydrogen-bond acceptors (Lipinski definition) is 4. The summed E-state index contributed by atoms with van der Waals surface area (Å²) in [5.41, 5.74) is -1.22. The van der Waals surface area contributed by atoms with E-state index in [0.29, 0.717) is 0 Å². The molecule has 0 atom stereocenters. The minimum atomic E-state index is -1.03. The quantitative estimate of drug-likeness (QED) is 0.437. The topological polar surface area (TPSA) is 69.4 Å². The van der Waals surface area contributed by atoms with Crippen molar-refractivity contribution in [3.05, 3.63) is 39.7 Å². The molecule has 0 aliphatic carbocycles. The van der Waals surface area contributed by atoms with Gasteiger partial charge in [0.05, 0.1) is 11.5 Å². The average Bonchev–Trinajstić information content (AvgIpc) is 2.17. The molecule has 1 aromatic rings. The lowest BCUT2D eigenvalue weighted by atomic mass is 10.1. The molecule has 0 aliphatic heterocycles. The molecule has 0 aromatic heterocycles. The molecule has 0 saturated heterocycles. The maximum atomic E-state index is 13.2. The van der Waals surface area contributed by atoms with Crippen molar-refractivity contribution >= 4 is 11.7 Å². The average molecular weight is 213 g/mol. The highest BCUT2D eigenvalue weighted by atomic mass is 19.1. The fourth-order valence-electron chi connectivity index (χ4n) is 1.07. The maximum Gasteiger partial charge on any atom is 0.348 e. The lowest BCUT2D eigenvalue weighted by Crippen LogP contribution is -2.10. The van der Waals surface area contributed by atoms with Gasteiger partial charge in [0, 0.05) is 6.07 Å². The maximum absolute atomic E-state index is 13.2. The second-order valence-corrected chi connectivity index (χ2v) is 2.61. The number of benzene rings is 1.